The number of amides is 1. The molecule has 0 aliphatic carbocycles. The lowest BCUT2D eigenvalue weighted by molar-refractivity contribution is -0.132. The molecule has 1 aliphatic heterocycles. The molecule has 1 saturated heterocycles. The monoisotopic (exact) mass is 278 g/mol. The summed E-state index contributed by atoms with van der Waals surface area (Å²) in [6.07, 6.45) is 4.10. The Kier molecular flexibility index (Phi) is 4.48. The van der Waals surface area contributed by atoms with E-state index < -0.39 is 0 Å². The number of hydrogen-bond acceptors (Lipinski definition) is 3. The Morgan fingerprint density at radius 3 is 2.90 bits per heavy atom. The molecule has 2 rings (SSSR count). The normalized spacial score (nSPS) is 19.9. The van der Waals surface area contributed by atoms with E-state index in [2.05, 4.69) is 29.6 Å². The molecule has 1 fully saturated rings. The topological polar surface area (TPSA) is 59.0 Å². The number of aromatic nitrogens is 2. The summed E-state index contributed by atoms with van der Waals surface area (Å²) < 4.78 is 1.83. The first kappa shape index (κ1) is 15.0. The van der Waals surface area contributed by atoms with Gasteiger partial charge in [-0.3, -0.25) is 9.48 Å². The minimum atomic E-state index is -0.330. The number of aryl methyl sites for hydroxylation is 1. The van der Waals surface area contributed by atoms with Crippen molar-refractivity contribution in [3.63, 3.8) is 0 Å². The molecule has 1 unspecified atom stereocenters. The fraction of sp³-hybridized carbons (Fsp3) is 0.733. The second kappa shape index (κ2) is 5.95. The molecule has 0 bridgehead atoms. The zero-order chi connectivity index (χ0) is 14.8. The van der Waals surface area contributed by atoms with Gasteiger partial charge in [-0.25, -0.2) is 0 Å². The molecule has 1 aliphatic rings. The molecule has 112 valence electrons. The van der Waals surface area contributed by atoms with E-state index in [0.717, 1.165) is 37.2 Å². The average molecular weight is 278 g/mol. The molecule has 1 atom stereocenters. The Labute approximate surface area is 121 Å². The molecule has 1 amide bonds. The molecule has 0 radical (unpaired) electrons. The summed E-state index contributed by atoms with van der Waals surface area (Å²) in [7, 11) is 1.91. The Balaban J connectivity index is 1.94. The molecule has 0 saturated carbocycles. The van der Waals surface area contributed by atoms with Crippen LogP contribution in [0.4, 0.5) is 0 Å². The van der Waals surface area contributed by atoms with Crippen molar-refractivity contribution in [2.45, 2.75) is 40.2 Å². The summed E-state index contributed by atoms with van der Waals surface area (Å²) in [6.45, 7) is 8.69. The highest BCUT2D eigenvalue weighted by atomic mass is 16.2. The summed E-state index contributed by atoms with van der Waals surface area (Å²) in [5.74, 6) is 0.542. The van der Waals surface area contributed by atoms with Crippen LogP contribution in [-0.2, 0) is 18.4 Å². The first-order chi connectivity index (χ1) is 9.43. The fourth-order valence-corrected chi connectivity index (χ4v) is 2.77. The maximum absolute atomic E-state index is 12.5. The Morgan fingerprint density at radius 2 is 2.35 bits per heavy atom. The summed E-state index contributed by atoms with van der Waals surface area (Å²) in [6, 6.07) is 0. The van der Waals surface area contributed by atoms with Gasteiger partial charge in [-0.05, 0) is 38.8 Å². The van der Waals surface area contributed by atoms with E-state index in [0.29, 0.717) is 12.5 Å². The third kappa shape index (κ3) is 3.03. The lowest BCUT2D eigenvalue weighted by Crippen LogP contribution is -2.47. The molecule has 1 aromatic heterocycles. The lowest BCUT2D eigenvalue weighted by Gasteiger charge is -2.36. The van der Waals surface area contributed by atoms with Gasteiger partial charge < -0.3 is 10.6 Å². The Hall–Kier alpha value is -1.36. The number of hydrogen-bond donors (Lipinski definition) is 2. The van der Waals surface area contributed by atoms with Crippen LogP contribution in [0.25, 0.3) is 0 Å². The van der Waals surface area contributed by atoms with Gasteiger partial charge in [0.2, 0.25) is 5.91 Å². The highest BCUT2D eigenvalue weighted by Crippen LogP contribution is 2.32. The number of carbonyl (C=O) groups is 1. The van der Waals surface area contributed by atoms with Crippen molar-refractivity contribution in [3.05, 3.63) is 17.5 Å². The van der Waals surface area contributed by atoms with Crippen molar-refractivity contribution < 1.29 is 4.79 Å². The highest BCUT2D eigenvalue weighted by molar-refractivity contribution is 5.82. The van der Waals surface area contributed by atoms with E-state index in [-0.39, 0.29) is 11.3 Å². The quantitative estimate of drug-likeness (QED) is 0.874. The van der Waals surface area contributed by atoms with Crippen LogP contribution in [0, 0.1) is 18.3 Å². The number of carbonyl (C=O) groups excluding carboxylic acids is 1. The van der Waals surface area contributed by atoms with Gasteiger partial charge in [-0.15, -0.1) is 0 Å². The van der Waals surface area contributed by atoms with E-state index in [1.165, 1.54) is 0 Å². The molecular weight excluding hydrogens is 252 g/mol. The molecule has 1 aromatic rings. The molecule has 20 heavy (non-hydrogen) atoms. The number of piperidine rings is 1. The zero-order valence-corrected chi connectivity index (χ0v) is 13.0. The third-order valence-electron chi connectivity index (χ3n) is 4.68. The van der Waals surface area contributed by atoms with Crippen LogP contribution in [0.1, 0.15) is 37.9 Å². The summed E-state index contributed by atoms with van der Waals surface area (Å²) in [5.41, 5.74) is 1.85. The highest BCUT2D eigenvalue weighted by Gasteiger charge is 2.37. The molecule has 2 heterocycles. The van der Waals surface area contributed by atoms with Crippen LogP contribution in [0.2, 0.25) is 0 Å². The van der Waals surface area contributed by atoms with Crippen molar-refractivity contribution in [1.29, 1.82) is 0 Å². The van der Waals surface area contributed by atoms with Crippen LogP contribution < -0.4 is 10.6 Å². The minimum Gasteiger partial charge on any atom is -0.351 e. The zero-order valence-electron chi connectivity index (χ0n) is 13.0. The van der Waals surface area contributed by atoms with Crippen molar-refractivity contribution in [2.24, 2.45) is 18.4 Å². The predicted molar refractivity (Wildman–Crippen MR) is 79.2 cm³/mol. The van der Waals surface area contributed by atoms with Crippen molar-refractivity contribution in [2.75, 3.05) is 13.1 Å². The summed E-state index contributed by atoms with van der Waals surface area (Å²) >= 11 is 0. The molecule has 2 N–H and O–H groups in total. The minimum absolute atomic E-state index is 0.134. The van der Waals surface area contributed by atoms with Gasteiger partial charge in [0.05, 0.1) is 6.20 Å². The van der Waals surface area contributed by atoms with E-state index in [9.17, 15) is 4.79 Å². The SMILES string of the molecule is Cc1c(CNC(=O)C(C)(C)C2CCCNC2)cnn1C. The average Bonchev–Trinajstić information content (AvgIpc) is 2.77. The molecule has 0 spiro atoms. The van der Waals surface area contributed by atoms with Gasteiger partial charge in [0.15, 0.2) is 0 Å². The van der Waals surface area contributed by atoms with Crippen LogP contribution in [0.5, 0.6) is 0 Å². The van der Waals surface area contributed by atoms with Gasteiger partial charge in [0.1, 0.15) is 0 Å². The van der Waals surface area contributed by atoms with E-state index in [1.807, 2.05) is 24.9 Å². The smallest absolute Gasteiger partial charge is 0.226 e. The van der Waals surface area contributed by atoms with Crippen LogP contribution in [-0.4, -0.2) is 28.8 Å². The van der Waals surface area contributed by atoms with Crippen LogP contribution in [0.3, 0.4) is 0 Å². The molecule has 5 heteroatoms. The van der Waals surface area contributed by atoms with E-state index >= 15 is 0 Å². The second-order valence-corrected chi connectivity index (χ2v) is 6.33. The fourth-order valence-electron chi connectivity index (χ4n) is 2.77. The van der Waals surface area contributed by atoms with Crippen LogP contribution in [0.15, 0.2) is 6.20 Å². The Bertz CT molecular complexity index is 472. The van der Waals surface area contributed by atoms with E-state index in [1.54, 1.807) is 0 Å². The number of nitrogens with one attached hydrogen (secondary N) is 2. The number of nitrogens with zero attached hydrogens (tertiary/aromatic N) is 2. The van der Waals surface area contributed by atoms with Gasteiger partial charge in [-0.2, -0.15) is 5.10 Å². The first-order valence-electron chi connectivity index (χ1n) is 7.39. The van der Waals surface area contributed by atoms with E-state index in [4.69, 9.17) is 0 Å². The summed E-state index contributed by atoms with van der Waals surface area (Å²) in [4.78, 5) is 12.5. The maximum atomic E-state index is 12.5. The largest absolute Gasteiger partial charge is 0.351 e. The van der Waals surface area contributed by atoms with Gasteiger partial charge in [-0.1, -0.05) is 13.8 Å². The molecule has 0 aromatic carbocycles. The maximum Gasteiger partial charge on any atom is 0.226 e. The molecular formula is C15H26N4O. The van der Waals surface area contributed by atoms with Gasteiger partial charge in [0.25, 0.3) is 0 Å². The first-order valence-corrected chi connectivity index (χ1v) is 7.39. The number of rotatable bonds is 4. The van der Waals surface area contributed by atoms with Crippen molar-refractivity contribution in [1.82, 2.24) is 20.4 Å². The molecule has 5 nitrogen and oxygen atoms in total. The van der Waals surface area contributed by atoms with Crippen LogP contribution >= 0.6 is 0 Å². The lowest BCUT2D eigenvalue weighted by atomic mass is 9.74. The third-order valence-corrected chi connectivity index (χ3v) is 4.68. The predicted octanol–water partition coefficient (Wildman–Crippen LogP) is 1.37. The standard InChI is InChI=1S/C15H26N4O/c1-11-12(9-18-19(11)4)8-17-14(20)15(2,3)13-6-5-7-16-10-13/h9,13,16H,5-8,10H2,1-4H3,(H,17,20). The van der Waals surface area contributed by atoms with Crippen molar-refractivity contribution in [3.8, 4) is 0 Å². The van der Waals surface area contributed by atoms with Gasteiger partial charge >= 0.3 is 0 Å². The Morgan fingerprint density at radius 1 is 1.60 bits per heavy atom. The summed E-state index contributed by atoms with van der Waals surface area (Å²) in [5, 5.41) is 10.7. The second-order valence-electron chi connectivity index (χ2n) is 6.33. The van der Waals surface area contributed by atoms with Crippen molar-refractivity contribution >= 4 is 5.91 Å². The van der Waals surface area contributed by atoms with Gasteiger partial charge in [0, 0.05) is 30.3 Å².